The van der Waals surface area contributed by atoms with Crippen molar-refractivity contribution in [3.63, 3.8) is 0 Å². The number of rotatable bonds is 12. The zero-order valence-electron chi connectivity index (χ0n) is 28.0. The van der Waals surface area contributed by atoms with Crippen molar-refractivity contribution in [2.45, 2.75) is 117 Å². The second-order valence-electron chi connectivity index (χ2n) is 13.4. The Bertz CT molecular complexity index is 1160. The maximum atomic E-state index is 13.9. The second kappa shape index (κ2) is 16.2. The molecule has 0 aliphatic carbocycles. The lowest BCUT2D eigenvalue weighted by Crippen LogP contribution is -2.58. The van der Waals surface area contributed by atoms with Gasteiger partial charge in [0.2, 0.25) is 17.7 Å². The van der Waals surface area contributed by atoms with Crippen molar-refractivity contribution in [2.75, 3.05) is 20.1 Å². The molecule has 1 N–H and O–H groups in total. The van der Waals surface area contributed by atoms with E-state index in [0.717, 1.165) is 37.8 Å². The number of hydrogen-bond acceptors (Lipinski definition) is 6. The molecule has 2 aliphatic heterocycles. The zero-order chi connectivity index (χ0) is 32.6. The molecule has 0 spiro atoms. The fourth-order valence-electron chi connectivity index (χ4n) is 6.37. The Morgan fingerprint density at radius 3 is 2.20 bits per heavy atom. The number of nitrogens with zero attached hydrogens (tertiary/aromatic N) is 3. The quantitative estimate of drug-likeness (QED) is 0.275. The first-order valence-corrected chi connectivity index (χ1v) is 16.4. The van der Waals surface area contributed by atoms with Crippen molar-refractivity contribution in [3.8, 4) is 0 Å². The van der Waals surface area contributed by atoms with Gasteiger partial charge >= 0.3 is 5.97 Å². The first-order valence-electron chi connectivity index (χ1n) is 16.4. The van der Waals surface area contributed by atoms with Gasteiger partial charge in [0, 0.05) is 25.2 Å². The number of carbonyl (C=O) groups is 4. The lowest BCUT2D eigenvalue weighted by Gasteiger charge is -2.39. The van der Waals surface area contributed by atoms with Crippen molar-refractivity contribution in [1.29, 1.82) is 0 Å². The van der Waals surface area contributed by atoms with E-state index in [-0.39, 0.29) is 54.3 Å². The fourth-order valence-corrected chi connectivity index (χ4v) is 6.37. The summed E-state index contributed by atoms with van der Waals surface area (Å²) in [6.07, 6.45) is 5.97. The number of benzene rings is 1. The molecule has 4 atom stereocenters. The van der Waals surface area contributed by atoms with Crippen LogP contribution < -0.4 is 5.32 Å². The van der Waals surface area contributed by atoms with Crippen LogP contribution in [-0.4, -0.2) is 88.7 Å². The summed E-state index contributed by atoms with van der Waals surface area (Å²) in [6.45, 7) is 15.4. The third-order valence-corrected chi connectivity index (χ3v) is 8.99. The average Bonchev–Trinajstić information content (AvgIpc) is 3.50. The van der Waals surface area contributed by atoms with Crippen LogP contribution in [0.1, 0.15) is 86.1 Å². The molecule has 1 aromatic rings. The molecule has 9 heteroatoms. The molecule has 0 saturated carbocycles. The minimum absolute atomic E-state index is 0.00945. The van der Waals surface area contributed by atoms with Crippen LogP contribution in [0.15, 0.2) is 42.0 Å². The average molecular weight is 611 g/mol. The first kappa shape index (κ1) is 35.3. The molecule has 244 valence electrons. The molecule has 3 amide bonds. The standard InChI is InChI=1S/C35H54N4O5/c1-23(2)30(37(8)34(42)31(24(3)4)36-32(40)28-17-12-13-19-38(28)25(5)6)21-26(7)33(41)39-20-14-18-29(39)35(43)44-22-27-15-10-9-11-16-27/h9-11,15-16,21,23-25,28-31H,12-14,17-20,22H2,1-8H3,(H,36,40)/t28?,29-,30+,31-/m0/s1. The molecule has 2 heterocycles. The van der Waals surface area contributed by atoms with Gasteiger partial charge in [0.15, 0.2) is 0 Å². The van der Waals surface area contributed by atoms with Gasteiger partial charge < -0.3 is 19.9 Å². The number of amides is 3. The van der Waals surface area contributed by atoms with Gasteiger partial charge in [-0.15, -0.1) is 0 Å². The van der Waals surface area contributed by atoms with Crippen LogP contribution in [0.2, 0.25) is 0 Å². The third-order valence-electron chi connectivity index (χ3n) is 8.99. The van der Waals surface area contributed by atoms with Gasteiger partial charge in [-0.25, -0.2) is 4.79 Å². The third kappa shape index (κ3) is 8.93. The molecule has 2 aliphatic rings. The van der Waals surface area contributed by atoms with Crippen molar-refractivity contribution in [1.82, 2.24) is 20.0 Å². The molecular weight excluding hydrogens is 556 g/mol. The summed E-state index contributed by atoms with van der Waals surface area (Å²) < 4.78 is 5.56. The van der Waals surface area contributed by atoms with Gasteiger partial charge in [0.25, 0.3) is 0 Å². The smallest absolute Gasteiger partial charge is 0.329 e. The van der Waals surface area contributed by atoms with Crippen LogP contribution in [-0.2, 0) is 30.5 Å². The zero-order valence-corrected chi connectivity index (χ0v) is 28.0. The molecule has 9 nitrogen and oxygen atoms in total. The largest absolute Gasteiger partial charge is 0.459 e. The van der Waals surface area contributed by atoms with Crippen molar-refractivity contribution in [2.24, 2.45) is 11.8 Å². The van der Waals surface area contributed by atoms with E-state index in [1.165, 1.54) is 0 Å². The Morgan fingerprint density at radius 1 is 0.932 bits per heavy atom. The number of nitrogens with one attached hydrogen (secondary N) is 1. The fraction of sp³-hybridized carbons (Fsp3) is 0.657. The highest BCUT2D eigenvalue weighted by Crippen LogP contribution is 2.24. The summed E-state index contributed by atoms with van der Waals surface area (Å²) in [5, 5.41) is 3.09. The van der Waals surface area contributed by atoms with E-state index in [0.29, 0.717) is 18.5 Å². The van der Waals surface area contributed by atoms with Crippen molar-refractivity contribution < 1.29 is 23.9 Å². The first-order chi connectivity index (χ1) is 20.8. The van der Waals surface area contributed by atoms with Gasteiger partial charge in [-0.05, 0) is 70.4 Å². The van der Waals surface area contributed by atoms with E-state index in [1.807, 2.05) is 64.1 Å². The van der Waals surface area contributed by atoms with E-state index in [9.17, 15) is 19.2 Å². The Balaban J connectivity index is 1.71. The second-order valence-corrected chi connectivity index (χ2v) is 13.4. The van der Waals surface area contributed by atoms with Gasteiger partial charge in [0.05, 0.1) is 12.1 Å². The van der Waals surface area contributed by atoms with Crippen LogP contribution in [0.25, 0.3) is 0 Å². The highest BCUT2D eigenvalue weighted by molar-refractivity contribution is 5.96. The van der Waals surface area contributed by atoms with Crippen LogP contribution in [0.4, 0.5) is 0 Å². The van der Waals surface area contributed by atoms with Gasteiger partial charge in [0.1, 0.15) is 18.7 Å². The summed E-state index contributed by atoms with van der Waals surface area (Å²) in [6, 6.07) is 7.81. The van der Waals surface area contributed by atoms with E-state index in [1.54, 1.807) is 23.8 Å². The molecule has 2 fully saturated rings. The normalized spacial score (nSPS) is 21.0. The molecule has 1 aromatic carbocycles. The van der Waals surface area contributed by atoms with E-state index in [4.69, 9.17) is 4.74 Å². The molecule has 0 bridgehead atoms. The summed E-state index contributed by atoms with van der Waals surface area (Å²) >= 11 is 0. The Kier molecular flexibility index (Phi) is 13.0. The van der Waals surface area contributed by atoms with Crippen molar-refractivity contribution >= 4 is 23.7 Å². The number of likely N-dealkylation sites (tertiary alicyclic amines) is 2. The SMILES string of the molecule is CC(=C[C@H](C(C)C)N(C)C(=O)[C@@H](NC(=O)C1CCCCN1C(C)C)C(C)C)C(=O)N1CCC[C@H]1C(=O)OCc1ccccc1. The summed E-state index contributed by atoms with van der Waals surface area (Å²) in [4.78, 5) is 59.4. The van der Waals surface area contributed by atoms with E-state index < -0.39 is 18.1 Å². The highest BCUT2D eigenvalue weighted by Gasteiger charge is 2.38. The topological polar surface area (TPSA) is 99.3 Å². The minimum atomic E-state index is -0.684. The number of likely N-dealkylation sites (N-methyl/N-ethyl adjacent to an activating group) is 1. The molecule has 0 radical (unpaired) electrons. The Hall–Kier alpha value is -3.20. The van der Waals surface area contributed by atoms with Gasteiger partial charge in [-0.3, -0.25) is 19.3 Å². The summed E-state index contributed by atoms with van der Waals surface area (Å²) in [5.74, 6) is -1.01. The summed E-state index contributed by atoms with van der Waals surface area (Å²) in [7, 11) is 1.74. The molecule has 1 unspecified atom stereocenters. The Labute approximate surface area is 264 Å². The number of ether oxygens (including phenoxy) is 1. The predicted molar refractivity (Wildman–Crippen MR) is 172 cm³/mol. The van der Waals surface area contributed by atoms with E-state index >= 15 is 0 Å². The predicted octanol–water partition coefficient (Wildman–Crippen LogP) is 4.55. The number of esters is 1. The van der Waals surface area contributed by atoms with Gasteiger partial charge in [-0.2, -0.15) is 0 Å². The van der Waals surface area contributed by atoms with Crippen molar-refractivity contribution in [3.05, 3.63) is 47.5 Å². The lowest BCUT2D eigenvalue weighted by molar-refractivity contribution is -0.153. The minimum Gasteiger partial charge on any atom is -0.459 e. The summed E-state index contributed by atoms with van der Waals surface area (Å²) in [5.41, 5.74) is 1.37. The maximum absolute atomic E-state index is 13.9. The van der Waals surface area contributed by atoms with Crippen LogP contribution in [0, 0.1) is 11.8 Å². The highest BCUT2D eigenvalue weighted by atomic mass is 16.5. The monoisotopic (exact) mass is 610 g/mol. The molecule has 0 aromatic heterocycles. The number of hydrogen-bond donors (Lipinski definition) is 1. The lowest BCUT2D eigenvalue weighted by atomic mass is 9.95. The number of piperidine rings is 1. The maximum Gasteiger partial charge on any atom is 0.329 e. The number of carbonyl (C=O) groups excluding carboxylic acids is 4. The molecular formula is C35H54N4O5. The van der Waals surface area contributed by atoms with Crippen LogP contribution in [0.3, 0.4) is 0 Å². The van der Waals surface area contributed by atoms with Crippen LogP contribution >= 0.6 is 0 Å². The molecule has 2 saturated heterocycles. The van der Waals surface area contributed by atoms with E-state index in [2.05, 4.69) is 24.1 Å². The van der Waals surface area contributed by atoms with Gasteiger partial charge in [-0.1, -0.05) is 70.5 Å². The van der Waals surface area contributed by atoms with Crippen LogP contribution in [0.5, 0.6) is 0 Å². The Morgan fingerprint density at radius 2 is 1.59 bits per heavy atom. The molecule has 3 rings (SSSR count). The molecule has 44 heavy (non-hydrogen) atoms.